The molecule has 1 aromatic heterocycles. The van der Waals surface area contributed by atoms with Crippen molar-refractivity contribution in [3.8, 4) is 11.3 Å². The molecule has 1 radical (unpaired) electrons. The van der Waals surface area contributed by atoms with Gasteiger partial charge < -0.3 is 4.98 Å². The molecular weight excluding hydrogens is 519 g/mol. The molecule has 0 atom stereocenters. The second-order valence-corrected chi connectivity index (χ2v) is 7.01. The zero-order valence-electron chi connectivity index (χ0n) is 16.0. The van der Waals surface area contributed by atoms with Gasteiger partial charge in [-0.1, -0.05) is 71.8 Å². The van der Waals surface area contributed by atoms with Crippen LogP contribution in [0.3, 0.4) is 0 Å². The van der Waals surface area contributed by atoms with Crippen molar-refractivity contribution >= 4 is 0 Å². The zero-order chi connectivity index (χ0) is 18.6. The Labute approximate surface area is 180 Å². The molecule has 0 saturated carbocycles. The van der Waals surface area contributed by atoms with Crippen molar-refractivity contribution in [1.82, 2.24) is 4.98 Å². The van der Waals surface area contributed by atoms with Crippen molar-refractivity contribution in [3.63, 3.8) is 0 Å². The Kier molecular flexibility index (Phi) is 6.57. The summed E-state index contributed by atoms with van der Waals surface area (Å²) < 4.78 is 0. The molecule has 0 saturated heterocycles. The molecule has 28 heavy (non-hydrogen) atoms. The van der Waals surface area contributed by atoms with Gasteiger partial charge in [0.15, 0.2) is 0 Å². The molecule has 0 aliphatic heterocycles. The number of pyridine rings is 1. The maximum Gasteiger partial charge on any atom is 0.0171 e. The molecule has 0 amide bonds. The van der Waals surface area contributed by atoms with E-state index in [1.807, 2.05) is 30.5 Å². The second-order valence-electron chi connectivity index (χ2n) is 7.01. The van der Waals surface area contributed by atoms with Crippen molar-refractivity contribution in [2.45, 2.75) is 19.8 Å². The molecule has 2 heteroatoms. The van der Waals surface area contributed by atoms with E-state index in [2.05, 4.69) is 85.6 Å². The van der Waals surface area contributed by atoms with Gasteiger partial charge in [0, 0.05) is 32.2 Å². The SMILES string of the molecule is Cc1ccc(C(c2ccc(C)cc2)c2cc[c-]c(-c3ccccn3)c2)cc1.[Ir]. The topological polar surface area (TPSA) is 12.9 Å². The molecule has 0 fully saturated rings. The first-order valence-electron chi connectivity index (χ1n) is 9.27. The molecule has 4 aromatic rings. The van der Waals surface area contributed by atoms with E-state index in [1.54, 1.807) is 0 Å². The van der Waals surface area contributed by atoms with Crippen molar-refractivity contribution < 1.29 is 20.1 Å². The van der Waals surface area contributed by atoms with E-state index in [9.17, 15) is 0 Å². The molecule has 0 aliphatic rings. The van der Waals surface area contributed by atoms with Crippen LogP contribution in [0.1, 0.15) is 33.7 Å². The van der Waals surface area contributed by atoms with Crippen molar-refractivity contribution in [2.75, 3.05) is 0 Å². The summed E-state index contributed by atoms with van der Waals surface area (Å²) in [6.45, 7) is 4.25. The van der Waals surface area contributed by atoms with Gasteiger partial charge in [0.05, 0.1) is 0 Å². The standard InChI is InChI=1S/C26H22N.Ir/c1-19-9-13-21(14-10-19)26(22-15-11-20(2)12-16-22)24-7-5-6-23(18-24)25-8-3-4-17-27-25;/h3-5,7-18,26H,1-2H3;/q-1;. The van der Waals surface area contributed by atoms with Crippen LogP contribution in [0.2, 0.25) is 0 Å². The summed E-state index contributed by atoms with van der Waals surface area (Å²) in [5.41, 5.74) is 8.37. The number of hydrogen-bond donors (Lipinski definition) is 0. The van der Waals surface area contributed by atoms with Crippen LogP contribution in [-0.4, -0.2) is 4.98 Å². The van der Waals surface area contributed by atoms with E-state index < -0.39 is 0 Å². The summed E-state index contributed by atoms with van der Waals surface area (Å²) in [4.78, 5) is 4.49. The maximum absolute atomic E-state index is 4.49. The Morgan fingerprint density at radius 3 is 1.86 bits per heavy atom. The molecule has 141 valence electrons. The van der Waals surface area contributed by atoms with Gasteiger partial charge in [0.25, 0.3) is 0 Å². The van der Waals surface area contributed by atoms with E-state index >= 15 is 0 Å². The van der Waals surface area contributed by atoms with Crippen LogP contribution in [0.25, 0.3) is 11.3 Å². The third kappa shape index (κ3) is 4.47. The average molecular weight is 541 g/mol. The molecule has 0 aliphatic carbocycles. The van der Waals surface area contributed by atoms with Crippen molar-refractivity contribution in [3.05, 3.63) is 125 Å². The van der Waals surface area contributed by atoms with Crippen LogP contribution in [0.15, 0.2) is 91.1 Å². The summed E-state index contributed by atoms with van der Waals surface area (Å²) in [5.74, 6) is 0.184. The minimum atomic E-state index is 0. The quantitative estimate of drug-likeness (QED) is 0.217. The van der Waals surface area contributed by atoms with Gasteiger partial charge in [-0.25, -0.2) is 0 Å². The fourth-order valence-electron chi connectivity index (χ4n) is 3.43. The summed E-state index contributed by atoms with van der Waals surface area (Å²) in [6.07, 6.45) is 1.83. The smallest absolute Gasteiger partial charge is 0.0171 e. The predicted octanol–water partition coefficient (Wildman–Crippen LogP) is 6.34. The summed E-state index contributed by atoms with van der Waals surface area (Å²) in [6, 6.07) is 33.4. The Morgan fingerprint density at radius 2 is 1.32 bits per heavy atom. The van der Waals surface area contributed by atoms with E-state index in [0.29, 0.717) is 0 Å². The average Bonchev–Trinajstić information content (AvgIpc) is 2.72. The molecule has 3 aromatic carbocycles. The molecule has 4 rings (SSSR count). The van der Waals surface area contributed by atoms with Gasteiger partial charge in [0.1, 0.15) is 0 Å². The van der Waals surface area contributed by atoms with Gasteiger partial charge in [-0.3, -0.25) is 0 Å². The molecule has 1 nitrogen and oxygen atoms in total. The number of benzene rings is 3. The first-order chi connectivity index (χ1) is 13.2. The van der Waals surface area contributed by atoms with Gasteiger partial charge in [0.2, 0.25) is 0 Å². The molecular formula is C26H22IrN-. The van der Waals surface area contributed by atoms with E-state index in [-0.39, 0.29) is 26.0 Å². The van der Waals surface area contributed by atoms with Gasteiger partial charge in [-0.15, -0.1) is 35.4 Å². The third-order valence-electron chi connectivity index (χ3n) is 4.92. The van der Waals surface area contributed by atoms with Crippen LogP contribution < -0.4 is 0 Å². The van der Waals surface area contributed by atoms with Gasteiger partial charge >= 0.3 is 0 Å². The monoisotopic (exact) mass is 541 g/mol. The summed E-state index contributed by atoms with van der Waals surface area (Å²) in [5, 5.41) is 0. The first kappa shape index (κ1) is 20.2. The van der Waals surface area contributed by atoms with Gasteiger partial charge in [-0.05, 0) is 36.7 Å². The minimum Gasteiger partial charge on any atom is -0.305 e. The van der Waals surface area contributed by atoms with Crippen LogP contribution in [-0.2, 0) is 20.1 Å². The van der Waals surface area contributed by atoms with E-state index in [0.717, 1.165) is 11.3 Å². The van der Waals surface area contributed by atoms with Gasteiger partial charge in [-0.2, -0.15) is 0 Å². The molecule has 0 N–H and O–H groups in total. The largest absolute Gasteiger partial charge is 0.305 e. The minimum absolute atomic E-state index is 0. The first-order valence-corrected chi connectivity index (χ1v) is 9.27. The number of hydrogen-bond acceptors (Lipinski definition) is 1. The molecule has 0 spiro atoms. The van der Waals surface area contributed by atoms with Crippen LogP contribution in [0, 0.1) is 19.9 Å². The third-order valence-corrected chi connectivity index (χ3v) is 4.92. The maximum atomic E-state index is 4.49. The number of rotatable bonds is 4. The fraction of sp³-hybridized carbons (Fsp3) is 0.115. The fourth-order valence-corrected chi connectivity index (χ4v) is 3.43. The number of aromatic nitrogens is 1. The molecule has 0 bridgehead atoms. The summed E-state index contributed by atoms with van der Waals surface area (Å²) >= 11 is 0. The normalized spacial score (nSPS) is 10.5. The Hall–Kier alpha value is -2.54. The van der Waals surface area contributed by atoms with E-state index in [1.165, 1.54) is 27.8 Å². The Balaban J connectivity index is 0.00000225. The van der Waals surface area contributed by atoms with Crippen LogP contribution in [0.5, 0.6) is 0 Å². The molecule has 0 unspecified atom stereocenters. The second kappa shape index (κ2) is 9.10. The van der Waals surface area contributed by atoms with Crippen molar-refractivity contribution in [2.24, 2.45) is 0 Å². The van der Waals surface area contributed by atoms with Crippen LogP contribution in [0.4, 0.5) is 0 Å². The molecule has 1 heterocycles. The number of aryl methyl sites for hydroxylation is 2. The van der Waals surface area contributed by atoms with Crippen LogP contribution >= 0.6 is 0 Å². The Morgan fingerprint density at radius 1 is 0.714 bits per heavy atom. The number of nitrogens with zero attached hydrogens (tertiary/aromatic N) is 1. The van der Waals surface area contributed by atoms with E-state index in [4.69, 9.17) is 0 Å². The Bertz CT molecular complexity index is 976. The van der Waals surface area contributed by atoms with Crippen molar-refractivity contribution in [1.29, 1.82) is 0 Å². The predicted molar refractivity (Wildman–Crippen MR) is 112 cm³/mol. The summed E-state index contributed by atoms with van der Waals surface area (Å²) in [7, 11) is 0. The zero-order valence-corrected chi connectivity index (χ0v) is 18.4.